The van der Waals surface area contributed by atoms with Crippen molar-refractivity contribution < 1.29 is 28.2 Å². The van der Waals surface area contributed by atoms with Crippen LogP contribution in [0, 0.1) is 5.82 Å². The van der Waals surface area contributed by atoms with Gasteiger partial charge in [0.15, 0.2) is 18.2 Å². The molecule has 2 aromatic carbocycles. The SMILES string of the molecule is COc1ccc(COC(=O)COc2ccccc2C(N)=O)cc1F. The Morgan fingerprint density at radius 3 is 2.54 bits per heavy atom. The maximum absolute atomic E-state index is 13.5. The third-order valence-corrected chi connectivity index (χ3v) is 3.11. The summed E-state index contributed by atoms with van der Waals surface area (Å²) >= 11 is 0. The Bertz CT molecular complexity index is 748. The highest BCUT2D eigenvalue weighted by Crippen LogP contribution is 2.19. The van der Waals surface area contributed by atoms with Gasteiger partial charge in [-0.2, -0.15) is 0 Å². The Kier molecular flexibility index (Phi) is 5.73. The van der Waals surface area contributed by atoms with Gasteiger partial charge in [0.05, 0.1) is 12.7 Å². The van der Waals surface area contributed by atoms with E-state index < -0.39 is 24.3 Å². The lowest BCUT2D eigenvalue weighted by molar-refractivity contribution is -0.147. The van der Waals surface area contributed by atoms with Crippen LogP contribution in [0.15, 0.2) is 42.5 Å². The van der Waals surface area contributed by atoms with E-state index in [1.165, 1.54) is 31.4 Å². The number of methoxy groups -OCH3 is 1. The molecule has 6 nitrogen and oxygen atoms in total. The molecule has 0 heterocycles. The van der Waals surface area contributed by atoms with Gasteiger partial charge in [-0.05, 0) is 29.8 Å². The Hall–Kier alpha value is -3.09. The molecule has 2 aromatic rings. The second-order valence-corrected chi connectivity index (χ2v) is 4.78. The number of nitrogens with two attached hydrogens (primary N) is 1. The second-order valence-electron chi connectivity index (χ2n) is 4.78. The zero-order valence-corrected chi connectivity index (χ0v) is 13.0. The van der Waals surface area contributed by atoms with Crippen molar-refractivity contribution in [1.82, 2.24) is 0 Å². The maximum atomic E-state index is 13.5. The molecule has 0 fully saturated rings. The van der Waals surface area contributed by atoms with Gasteiger partial charge in [-0.25, -0.2) is 9.18 Å². The third-order valence-electron chi connectivity index (χ3n) is 3.11. The molecule has 126 valence electrons. The summed E-state index contributed by atoms with van der Waals surface area (Å²) in [4.78, 5) is 22.9. The maximum Gasteiger partial charge on any atom is 0.344 e. The third kappa shape index (κ3) is 4.45. The minimum Gasteiger partial charge on any atom is -0.494 e. The number of carbonyl (C=O) groups excluding carboxylic acids is 2. The summed E-state index contributed by atoms with van der Waals surface area (Å²) in [5.41, 5.74) is 5.85. The summed E-state index contributed by atoms with van der Waals surface area (Å²) < 4.78 is 28.6. The summed E-state index contributed by atoms with van der Waals surface area (Å²) in [6.45, 7) is -0.510. The van der Waals surface area contributed by atoms with Crippen LogP contribution in [-0.4, -0.2) is 25.6 Å². The summed E-state index contributed by atoms with van der Waals surface area (Å²) in [5, 5.41) is 0. The van der Waals surface area contributed by atoms with Gasteiger partial charge in [-0.15, -0.1) is 0 Å². The average Bonchev–Trinajstić information content (AvgIpc) is 2.58. The van der Waals surface area contributed by atoms with Crippen LogP contribution in [0.1, 0.15) is 15.9 Å². The number of para-hydroxylation sites is 1. The summed E-state index contributed by atoms with van der Waals surface area (Å²) in [6, 6.07) is 10.5. The molecule has 0 aliphatic carbocycles. The van der Waals surface area contributed by atoms with Crippen LogP contribution in [0.2, 0.25) is 0 Å². The fourth-order valence-corrected chi connectivity index (χ4v) is 1.94. The van der Waals surface area contributed by atoms with Crippen molar-refractivity contribution in [1.29, 1.82) is 0 Å². The molecule has 0 aliphatic rings. The zero-order chi connectivity index (χ0) is 17.5. The largest absolute Gasteiger partial charge is 0.494 e. The number of carbonyl (C=O) groups is 2. The second kappa shape index (κ2) is 7.96. The Balaban J connectivity index is 1.88. The van der Waals surface area contributed by atoms with E-state index in [4.69, 9.17) is 19.9 Å². The number of rotatable bonds is 7. The van der Waals surface area contributed by atoms with E-state index in [-0.39, 0.29) is 23.7 Å². The van der Waals surface area contributed by atoms with Gasteiger partial charge >= 0.3 is 5.97 Å². The predicted octanol–water partition coefficient (Wildman–Crippen LogP) is 2.06. The molecule has 7 heteroatoms. The molecule has 0 atom stereocenters. The average molecular weight is 333 g/mol. The first-order valence-corrected chi connectivity index (χ1v) is 7.01. The minimum absolute atomic E-state index is 0.108. The molecule has 0 aromatic heterocycles. The van der Waals surface area contributed by atoms with Gasteiger partial charge in [-0.1, -0.05) is 18.2 Å². The number of benzene rings is 2. The topological polar surface area (TPSA) is 87.8 Å². The smallest absolute Gasteiger partial charge is 0.344 e. The molecule has 24 heavy (non-hydrogen) atoms. The van der Waals surface area contributed by atoms with Crippen molar-refractivity contribution in [2.75, 3.05) is 13.7 Å². The van der Waals surface area contributed by atoms with Crippen molar-refractivity contribution in [3.63, 3.8) is 0 Å². The number of hydrogen-bond donors (Lipinski definition) is 1. The molecule has 2 N–H and O–H groups in total. The van der Waals surface area contributed by atoms with Crippen LogP contribution in [0.4, 0.5) is 4.39 Å². The summed E-state index contributed by atoms with van der Waals surface area (Å²) in [7, 11) is 1.36. The van der Waals surface area contributed by atoms with Gasteiger partial charge in [0, 0.05) is 0 Å². The van der Waals surface area contributed by atoms with E-state index in [0.29, 0.717) is 5.56 Å². The van der Waals surface area contributed by atoms with E-state index in [2.05, 4.69) is 0 Å². The van der Waals surface area contributed by atoms with Crippen LogP contribution in [-0.2, 0) is 16.1 Å². The lowest BCUT2D eigenvalue weighted by Gasteiger charge is -2.10. The van der Waals surface area contributed by atoms with Gasteiger partial charge in [0.1, 0.15) is 12.4 Å². The van der Waals surface area contributed by atoms with E-state index in [0.717, 1.165) is 0 Å². The molecule has 0 bridgehead atoms. The Morgan fingerprint density at radius 1 is 1.12 bits per heavy atom. The lowest BCUT2D eigenvalue weighted by atomic mass is 10.2. The summed E-state index contributed by atoms with van der Waals surface area (Å²) in [6.07, 6.45) is 0. The molecule has 1 amide bonds. The highest BCUT2D eigenvalue weighted by Gasteiger charge is 2.11. The molecule has 0 saturated carbocycles. The van der Waals surface area contributed by atoms with Crippen molar-refractivity contribution in [2.45, 2.75) is 6.61 Å². The van der Waals surface area contributed by atoms with Crippen LogP contribution >= 0.6 is 0 Å². The molecule has 0 spiro atoms. The molecule has 0 radical (unpaired) electrons. The van der Waals surface area contributed by atoms with Crippen molar-refractivity contribution >= 4 is 11.9 Å². The molecule has 0 unspecified atom stereocenters. The first-order chi connectivity index (χ1) is 11.5. The van der Waals surface area contributed by atoms with E-state index >= 15 is 0 Å². The number of amides is 1. The van der Waals surface area contributed by atoms with Crippen LogP contribution < -0.4 is 15.2 Å². The van der Waals surface area contributed by atoms with Crippen LogP contribution in [0.3, 0.4) is 0 Å². The highest BCUT2D eigenvalue weighted by molar-refractivity contribution is 5.95. The first-order valence-electron chi connectivity index (χ1n) is 7.01. The van der Waals surface area contributed by atoms with E-state index in [1.807, 2.05) is 0 Å². The fraction of sp³-hybridized carbons (Fsp3) is 0.176. The fourth-order valence-electron chi connectivity index (χ4n) is 1.94. The predicted molar refractivity (Wildman–Crippen MR) is 83.2 cm³/mol. The van der Waals surface area contributed by atoms with Crippen LogP contribution in [0.25, 0.3) is 0 Å². The van der Waals surface area contributed by atoms with E-state index in [1.54, 1.807) is 18.2 Å². The molecule has 0 saturated heterocycles. The minimum atomic E-state index is -0.662. The van der Waals surface area contributed by atoms with Gasteiger partial charge < -0.3 is 19.9 Å². The van der Waals surface area contributed by atoms with Gasteiger partial charge in [-0.3, -0.25) is 4.79 Å². The van der Waals surface area contributed by atoms with Gasteiger partial charge in [0.2, 0.25) is 0 Å². The van der Waals surface area contributed by atoms with Crippen molar-refractivity contribution in [3.05, 3.63) is 59.4 Å². The van der Waals surface area contributed by atoms with E-state index in [9.17, 15) is 14.0 Å². The number of hydrogen-bond acceptors (Lipinski definition) is 5. The van der Waals surface area contributed by atoms with Gasteiger partial charge in [0.25, 0.3) is 5.91 Å². The monoisotopic (exact) mass is 333 g/mol. The lowest BCUT2D eigenvalue weighted by Crippen LogP contribution is -2.18. The first kappa shape index (κ1) is 17.3. The van der Waals surface area contributed by atoms with Crippen LogP contribution in [0.5, 0.6) is 11.5 Å². The number of primary amides is 1. The normalized spacial score (nSPS) is 10.1. The Labute approximate surface area is 137 Å². The quantitative estimate of drug-likeness (QED) is 0.784. The Morgan fingerprint density at radius 2 is 1.88 bits per heavy atom. The summed E-state index contributed by atoms with van der Waals surface area (Å²) in [5.74, 6) is -1.57. The van der Waals surface area contributed by atoms with Crippen molar-refractivity contribution in [2.24, 2.45) is 5.73 Å². The molecular weight excluding hydrogens is 317 g/mol. The number of esters is 1. The molecular formula is C17H16FNO5. The van der Waals surface area contributed by atoms with Crippen molar-refractivity contribution in [3.8, 4) is 11.5 Å². The molecule has 0 aliphatic heterocycles. The number of ether oxygens (including phenoxy) is 3. The zero-order valence-electron chi connectivity index (χ0n) is 13.0. The molecule has 2 rings (SSSR count). The highest BCUT2D eigenvalue weighted by atomic mass is 19.1. The number of halogens is 1. The standard InChI is InChI=1S/C17H16FNO5/c1-22-15-7-6-11(8-13(15)18)9-24-16(20)10-23-14-5-3-2-4-12(14)17(19)21/h2-8H,9-10H2,1H3,(H2,19,21).